The van der Waals surface area contributed by atoms with Gasteiger partial charge in [-0.05, 0) is 23.3 Å². The molecule has 3 aromatic carbocycles. The molecule has 0 atom stereocenters. The van der Waals surface area contributed by atoms with E-state index in [1.807, 2.05) is 91.0 Å². The Morgan fingerprint density at radius 3 is 1.58 bits per heavy atom. The Kier molecular flexibility index (Phi) is 5.34. The number of amides is 1. The first kappa shape index (κ1) is 17.7. The molecule has 0 bridgehead atoms. The molecule has 4 heteroatoms. The summed E-state index contributed by atoms with van der Waals surface area (Å²) in [5.74, 6) is -0.0571. The number of nitrogens with one attached hydrogen (secondary N) is 2. The summed E-state index contributed by atoms with van der Waals surface area (Å²) < 4.78 is 0. The van der Waals surface area contributed by atoms with Crippen LogP contribution >= 0.6 is 0 Å². The van der Waals surface area contributed by atoms with Crippen LogP contribution in [0.4, 0.5) is 5.69 Å². The summed E-state index contributed by atoms with van der Waals surface area (Å²) in [7, 11) is 3.54. The van der Waals surface area contributed by atoms with Crippen LogP contribution < -0.4 is 10.9 Å². The lowest BCUT2D eigenvalue weighted by molar-refractivity contribution is -0.134. The van der Waals surface area contributed by atoms with Gasteiger partial charge in [-0.2, -0.15) is 0 Å². The monoisotopic (exact) mass is 345 g/mol. The average Bonchev–Trinajstić information content (AvgIpc) is 2.70. The molecule has 3 aromatic rings. The topological polar surface area (TPSA) is 44.4 Å². The molecule has 4 nitrogen and oxygen atoms in total. The molecular formula is C22H23N3O. The number of carbonyl (C=O) groups is 1. The Morgan fingerprint density at radius 1 is 0.731 bits per heavy atom. The Hall–Kier alpha value is -3.11. The SMILES string of the molecule is CN(C)C(=O)C(NNc1ccccc1)(c1ccccc1)c1ccccc1. The molecule has 0 spiro atoms. The lowest BCUT2D eigenvalue weighted by Gasteiger charge is -2.37. The fraction of sp³-hybridized carbons (Fsp3) is 0.136. The van der Waals surface area contributed by atoms with E-state index in [1.165, 1.54) is 0 Å². The van der Waals surface area contributed by atoms with E-state index in [-0.39, 0.29) is 5.91 Å². The standard InChI is InChI=1S/C22H23N3O/c1-25(2)21(26)22(18-12-6-3-7-13-18,19-14-8-4-9-15-19)24-23-20-16-10-5-11-17-20/h3-17,23-24H,1-2H3. The fourth-order valence-corrected chi connectivity index (χ4v) is 3.01. The highest BCUT2D eigenvalue weighted by atomic mass is 16.2. The molecule has 0 saturated heterocycles. The second kappa shape index (κ2) is 7.85. The van der Waals surface area contributed by atoms with E-state index in [4.69, 9.17) is 0 Å². The summed E-state index contributed by atoms with van der Waals surface area (Å²) in [6, 6.07) is 29.3. The van der Waals surface area contributed by atoms with E-state index < -0.39 is 5.54 Å². The van der Waals surface area contributed by atoms with Gasteiger partial charge in [0.1, 0.15) is 0 Å². The number of hydrogen-bond acceptors (Lipinski definition) is 3. The molecule has 0 aliphatic heterocycles. The minimum Gasteiger partial charge on any atom is -0.347 e. The highest BCUT2D eigenvalue weighted by Gasteiger charge is 2.43. The Bertz CT molecular complexity index is 794. The number of hydrogen-bond donors (Lipinski definition) is 2. The van der Waals surface area contributed by atoms with Gasteiger partial charge in [0, 0.05) is 19.8 Å². The van der Waals surface area contributed by atoms with Crippen molar-refractivity contribution in [2.45, 2.75) is 5.54 Å². The van der Waals surface area contributed by atoms with Crippen molar-refractivity contribution in [3.05, 3.63) is 102 Å². The second-order valence-corrected chi connectivity index (χ2v) is 6.30. The van der Waals surface area contributed by atoms with Crippen LogP contribution in [0.15, 0.2) is 91.0 Å². The van der Waals surface area contributed by atoms with Crippen molar-refractivity contribution in [3.8, 4) is 0 Å². The second-order valence-electron chi connectivity index (χ2n) is 6.30. The normalized spacial score (nSPS) is 11.0. The molecule has 0 unspecified atom stereocenters. The minimum absolute atomic E-state index is 0.0571. The molecular weight excluding hydrogens is 322 g/mol. The molecule has 0 aromatic heterocycles. The van der Waals surface area contributed by atoms with Crippen molar-refractivity contribution in [2.24, 2.45) is 0 Å². The zero-order valence-electron chi connectivity index (χ0n) is 15.0. The van der Waals surface area contributed by atoms with Crippen LogP contribution in [0.25, 0.3) is 0 Å². The van der Waals surface area contributed by atoms with E-state index in [9.17, 15) is 4.79 Å². The number of para-hydroxylation sites is 1. The summed E-state index contributed by atoms with van der Waals surface area (Å²) in [6.07, 6.45) is 0. The Balaban J connectivity index is 2.13. The fourth-order valence-electron chi connectivity index (χ4n) is 3.01. The van der Waals surface area contributed by atoms with Gasteiger partial charge in [-0.25, -0.2) is 5.43 Å². The number of carbonyl (C=O) groups excluding carboxylic acids is 1. The minimum atomic E-state index is -1.05. The first-order valence-electron chi connectivity index (χ1n) is 8.55. The molecule has 0 aliphatic carbocycles. The van der Waals surface area contributed by atoms with Gasteiger partial charge >= 0.3 is 0 Å². The van der Waals surface area contributed by atoms with Crippen molar-refractivity contribution < 1.29 is 4.79 Å². The van der Waals surface area contributed by atoms with E-state index in [2.05, 4.69) is 10.9 Å². The zero-order valence-corrected chi connectivity index (χ0v) is 15.0. The highest BCUT2D eigenvalue weighted by molar-refractivity contribution is 5.91. The molecule has 26 heavy (non-hydrogen) atoms. The van der Waals surface area contributed by atoms with Gasteiger partial charge in [-0.3, -0.25) is 4.79 Å². The first-order valence-corrected chi connectivity index (χ1v) is 8.55. The molecule has 3 rings (SSSR count). The average molecular weight is 345 g/mol. The van der Waals surface area contributed by atoms with Gasteiger partial charge in [0.15, 0.2) is 5.54 Å². The molecule has 0 aliphatic rings. The number of rotatable bonds is 6. The summed E-state index contributed by atoms with van der Waals surface area (Å²) >= 11 is 0. The first-order chi connectivity index (χ1) is 12.6. The Morgan fingerprint density at radius 2 is 1.15 bits per heavy atom. The molecule has 0 radical (unpaired) electrons. The number of hydrazine groups is 1. The van der Waals surface area contributed by atoms with E-state index >= 15 is 0 Å². The maximum atomic E-state index is 13.4. The van der Waals surface area contributed by atoms with Crippen molar-refractivity contribution in [3.63, 3.8) is 0 Å². The van der Waals surface area contributed by atoms with Gasteiger partial charge in [-0.1, -0.05) is 78.9 Å². The van der Waals surface area contributed by atoms with E-state index in [0.717, 1.165) is 16.8 Å². The van der Waals surface area contributed by atoms with E-state index in [0.29, 0.717) is 0 Å². The van der Waals surface area contributed by atoms with Crippen molar-refractivity contribution in [1.82, 2.24) is 10.3 Å². The zero-order chi connectivity index (χ0) is 18.4. The molecule has 0 heterocycles. The molecule has 2 N–H and O–H groups in total. The third-order valence-corrected chi connectivity index (χ3v) is 4.31. The maximum Gasteiger partial charge on any atom is 0.253 e. The van der Waals surface area contributed by atoms with Gasteiger partial charge in [0.05, 0.1) is 0 Å². The van der Waals surface area contributed by atoms with Gasteiger partial charge in [0.2, 0.25) is 0 Å². The van der Waals surface area contributed by atoms with Gasteiger partial charge in [-0.15, -0.1) is 0 Å². The largest absolute Gasteiger partial charge is 0.347 e. The molecule has 132 valence electrons. The van der Waals surface area contributed by atoms with Crippen molar-refractivity contribution >= 4 is 11.6 Å². The summed E-state index contributed by atoms with van der Waals surface area (Å²) in [6.45, 7) is 0. The smallest absolute Gasteiger partial charge is 0.253 e. The predicted molar refractivity (Wildman–Crippen MR) is 106 cm³/mol. The lowest BCUT2D eigenvalue weighted by Crippen LogP contribution is -2.56. The number of likely N-dealkylation sites (N-methyl/N-ethyl adjacent to an activating group) is 1. The van der Waals surface area contributed by atoms with Crippen LogP contribution in [0, 0.1) is 0 Å². The molecule has 0 saturated carbocycles. The van der Waals surface area contributed by atoms with Crippen molar-refractivity contribution in [2.75, 3.05) is 19.5 Å². The van der Waals surface area contributed by atoms with Gasteiger partial charge in [0.25, 0.3) is 5.91 Å². The van der Waals surface area contributed by atoms with Gasteiger partial charge < -0.3 is 10.3 Å². The van der Waals surface area contributed by atoms with Crippen LogP contribution in [0.1, 0.15) is 11.1 Å². The molecule has 0 fully saturated rings. The van der Waals surface area contributed by atoms with Crippen LogP contribution in [0.2, 0.25) is 0 Å². The van der Waals surface area contributed by atoms with Crippen LogP contribution in [0.3, 0.4) is 0 Å². The lowest BCUT2D eigenvalue weighted by atomic mass is 9.82. The third-order valence-electron chi connectivity index (χ3n) is 4.31. The third kappa shape index (κ3) is 3.46. The summed E-state index contributed by atoms with van der Waals surface area (Å²) in [5.41, 5.74) is 8.11. The van der Waals surface area contributed by atoms with Crippen molar-refractivity contribution in [1.29, 1.82) is 0 Å². The highest BCUT2D eigenvalue weighted by Crippen LogP contribution is 2.31. The quantitative estimate of drug-likeness (QED) is 0.671. The molecule has 1 amide bonds. The van der Waals surface area contributed by atoms with Crippen LogP contribution in [0.5, 0.6) is 0 Å². The number of anilines is 1. The summed E-state index contributed by atoms with van der Waals surface area (Å²) in [4.78, 5) is 15.0. The van der Waals surface area contributed by atoms with Crippen LogP contribution in [-0.2, 0) is 10.3 Å². The summed E-state index contributed by atoms with van der Waals surface area (Å²) in [5, 5.41) is 0. The van der Waals surface area contributed by atoms with E-state index in [1.54, 1.807) is 19.0 Å². The number of benzene rings is 3. The predicted octanol–water partition coefficient (Wildman–Crippen LogP) is 3.64. The number of nitrogens with zero attached hydrogens (tertiary/aromatic N) is 1. The maximum absolute atomic E-state index is 13.4. The Labute approximate surface area is 154 Å². The van der Waals surface area contributed by atoms with Crippen LogP contribution in [-0.4, -0.2) is 24.9 Å².